The zero-order valence-corrected chi connectivity index (χ0v) is 9.81. The summed E-state index contributed by atoms with van der Waals surface area (Å²) in [4.78, 5) is 33.2. The maximum atomic E-state index is 8.36. The van der Waals surface area contributed by atoms with Crippen molar-refractivity contribution < 1.29 is 56.7 Å². The molecule has 0 saturated heterocycles. The third kappa shape index (κ3) is 11400. The van der Waals surface area contributed by atoms with E-state index >= 15 is 0 Å². The van der Waals surface area contributed by atoms with Crippen LogP contribution in [0.15, 0.2) is 0 Å². The standard InChI is InChI=1S/4CH2O2.Ca.Cu/c4*2-1-3;;/h4*1H,(H,2,3);;/q;;;;+2;/p-2. The minimum atomic E-state index is -0.500. The maximum absolute atomic E-state index is 8.36. The van der Waals surface area contributed by atoms with Crippen molar-refractivity contribution in [1.82, 2.24) is 0 Å². The van der Waals surface area contributed by atoms with Crippen LogP contribution in [0.5, 0.6) is 0 Å². The number of carbonyl (C=O) groups excluding carboxylic acids is 2. The molecule has 0 amide bonds. The fourth-order valence-electron chi connectivity index (χ4n) is 0. The van der Waals surface area contributed by atoms with Gasteiger partial charge in [-0.05, 0) is 0 Å². The number of carboxylic acid groups (broad SMARTS) is 4. The Morgan fingerprint density at radius 1 is 0.786 bits per heavy atom. The Bertz CT molecular complexity index is 75.3. The summed E-state index contributed by atoms with van der Waals surface area (Å²) in [5.74, 6) is 0. The maximum Gasteiger partial charge on any atom is 2.00 e. The van der Waals surface area contributed by atoms with E-state index in [1.54, 1.807) is 0 Å². The molecule has 0 aromatic carbocycles. The van der Waals surface area contributed by atoms with Crippen LogP contribution in [0.1, 0.15) is 0 Å². The van der Waals surface area contributed by atoms with E-state index in [1.807, 2.05) is 0 Å². The molecule has 0 aromatic rings. The average molecular weight is 286 g/mol. The molecule has 0 heterocycles. The quantitative estimate of drug-likeness (QED) is 0.335. The van der Waals surface area contributed by atoms with E-state index in [4.69, 9.17) is 39.6 Å². The Kier molecular flexibility index (Phi) is 343. The molecule has 83 valence electrons. The van der Waals surface area contributed by atoms with Crippen molar-refractivity contribution in [3.05, 3.63) is 0 Å². The van der Waals surface area contributed by atoms with E-state index in [0.717, 1.165) is 0 Å². The molecule has 0 atom stereocenters. The predicted molar refractivity (Wildman–Crippen MR) is 35.3 cm³/mol. The normalized spacial score (nSPS) is 3.43. The van der Waals surface area contributed by atoms with Gasteiger partial charge in [-0.25, -0.2) is 0 Å². The zero-order valence-electron chi connectivity index (χ0n) is 6.66. The third-order valence-electron chi connectivity index (χ3n) is 0. The summed E-state index contributed by atoms with van der Waals surface area (Å²) in [5, 5.41) is 30.3. The molecule has 0 fully saturated rings. The van der Waals surface area contributed by atoms with Crippen LogP contribution in [0.2, 0.25) is 0 Å². The van der Waals surface area contributed by atoms with Gasteiger partial charge in [-0.15, -0.1) is 0 Å². The summed E-state index contributed by atoms with van der Waals surface area (Å²) in [6, 6.07) is 0. The molecule has 10 heteroatoms. The molecule has 0 rings (SSSR count). The van der Waals surface area contributed by atoms with Crippen molar-refractivity contribution in [2.45, 2.75) is 0 Å². The van der Waals surface area contributed by atoms with Gasteiger partial charge in [0, 0.05) is 30.0 Å². The first-order chi connectivity index (χ1) is 5.66. The van der Waals surface area contributed by atoms with Crippen LogP contribution in [0.25, 0.3) is 0 Å². The van der Waals surface area contributed by atoms with Gasteiger partial charge in [-0.2, -0.15) is 0 Å². The van der Waals surface area contributed by atoms with Crippen LogP contribution in [-0.4, -0.2) is 73.8 Å². The van der Waals surface area contributed by atoms with E-state index in [-0.39, 0.29) is 67.8 Å². The molecule has 0 aliphatic rings. The minimum Gasteiger partial charge on any atom is -0.554 e. The van der Waals surface area contributed by atoms with Crippen molar-refractivity contribution in [1.29, 1.82) is 0 Å². The summed E-state index contributed by atoms with van der Waals surface area (Å²) < 4.78 is 0. The fourth-order valence-corrected chi connectivity index (χ4v) is 0. The van der Waals surface area contributed by atoms with Gasteiger partial charge in [0.15, 0.2) is 0 Å². The number of hydrogen-bond donors (Lipinski definition) is 2. The average Bonchev–Trinajstić information content (AvgIpc) is 1.92. The molecule has 0 aliphatic carbocycles. The van der Waals surface area contributed by atoms with Gasteiger partial charge in [-0.1, -0.05) is 0 Å². The Morgan fingerprint density at radius 3 is 0.786 bits per heavy atom. The number of hydrogen-bond acceptors (Lipinski definition) is 6. The summed E-state index contributed by atoms with van der Waals surface area (Å²) in [6.45, 7) is -1.50. The third-order valence-corrected chi connectivity index (χ3v) is 0. The first kappa shape index (κ1) is 37.3. The van der Waals surface area contributed by atoms with E-state index < -0.39 is 12.9 Å². The van der Waals surface area contributed by atoms with Gasteiger partial charge in [-0.3, -0.25) is 9.59 Å². The second kappa shape index (κ2) is 129. The van der Waals surface area contributed by atoms with Crippen LogP contribution >= 0.6 is 0 Å². The molecular weight excluding hydrogens is 280 g/mol. The molecule has 0 saturated carbocycles. The van der Waals surface area contributed by atoms with Crippen molar-refractivity contribution in [2.75, 3.05) is 0 Å². The molecule has 14 heavy (non-hydrogen) atoms. The molecule has 8 nitrogen and oxygen atoms in total. The Balaban J connectivity index is -0.0000000145. The van der Waals surface area contributed by atoms with Gasteiger partial charge in [0.05, 0.1) is 0 Å². The molecule has 0 aromatic heterocycles. The van der Waals surface area contributed by atoms with E-state index in [2.05, 4.69) is 0 Å². The number of rotatable bonds is 0. The van der Waals surface area contributed by atoms with Gasteiger partial charge >= 0.3 is 37.7 Å². The van der Waals surface area contributed by atoms with Crippen molar-refractivity contribution >= 4 is 63.6 Å². The Hall–Kier alpha value is -0.341. The zero-order chi connectivity index (χ0) is 10.8. The monoisotopic (exact) mass is 285 g/mol. The van der Waals surface area contributed by atoms with Gasteiger partial charge in [0.2, 0.25) is 0 Å². The van der Waals surface area contributed by atoms with Crippen molar-refractivity contribution in [2.24, 2.45) is 0 Å². The van der Waals surface area contributed by atoms with Crippen LogP contribution < -0.4 is 10.2 Å². The Morgan fingerprint density at radius 2 is 0.786 bits per heavy atom. The van der Waals surface area contributed by atoms with Crippen LogP contribution in [-0.2, 0) is 36.2 Å². The van der Waals surface area contributed by atoms with Crippen LogP contribution in [0.3, 0.4) is 0 Å². The van der Waals surface area contributed by atoms with Gasteiger partial charge in [0.1, 0.15) is 0 Å². The first-order valence-corrected chi connectivity index (χ1v) is 1.93. The van der Waals surface area contributed by atoms with E-state index in [1.165, 1.54) is 0 Å². The summed E-state index contributed by atoms with van der Waals surface area (Å²) in [6.07, 6.45) is 0. The fraction of sp³-hybridized carbons (Fsp3) is 0. The Labute approximate surface area is 119 Å². The van der Waals surface area contributed by atoms with Crippen LogP contribution in [0, 0.1) is 0 Å². The van der Waals surface area contributed by atoms with Crippen molar-refractivity contribution in [3.8, 4) is 0 Å². The molecule has 0 aliphatic heterocycles. The van der Waals surface area contributed by atoms with Crippen LogP contribution in [0.4, 0.5) is 0 Å². The number of carbonyl (C=O) groups is 4. The molecular formula is C4H6CaCuO8. The second-order valence-corrected chi connectivity index (χ2v) is 0.403. The van der Waals surface area contributed by atoms with E-state index in [0.29, 0.717) is 0 Å². The molecule has 0 unspecified atom stereocenters. The molecule has 1 radical (unpaired) electrons. The summed E-state index contributed by atoms with van der Waals surface area (Å²) in [5.41, 5.74) is 0. The topological polar surface area (TPSA) is 155 Å². The SMILES string of the molecule is O=CO.O=CO.O=C[O-].O=C[O-].[Ca+2].[Cu]. The smallest absolute Gasteiger partial charge is 0.554 e. The summed E-state index contributed by atoms with van der Waals surface area (Å²) in [7, 11) is 0. The molecule has 0 bridgehead atoms. The van der Waals surface area contributed by atoms with Gasteiger partial charge < -0.3 is 30.0 Å². The largest absolute Gasteiger partial charge is 2.00 e. The minimum absolute atomic E-state index is 0. The van der Waals surface area contributed by atoms with E-state index in [9.17, 15) is 0 Å². The molecule has 2 N–H and O–H groups in total. The first-order valence-electron chi connectivity index (χ1n) is 1.93. The van der Waals surface area contributed by atoms with Gasteiger partial charge in [0.25, 0.3) is 12.9 Å². The van der Waals surface area contributed by atoms with Crippen molar-refractivity contribution in [3.63, 3.8) is 0 Å². The second-order valence-electron chi connectivity index (χ2n) is 0.403. The molecule has 0 spiro atoms. The predicted octanol–water partition coefficient (Wildman–Crippen LogP) is -4.25. The summed E-state index contributed by atoms with van der Waals surface area (Å²) >= 11 is 0.